The number of carboxylic acid groups (broad SMARTS) is 1. The summed E-state index contributed by atoms with van der Waals surface area (Å²) in [4.78, 5) is 40.8. The smallest absolute Gasteiger partial charge is 0.306 e. The summed E-state index contributed by atoms with van der Waals surface area (Å²) in [5, 5.41) is 9.34. The number of rotatable bonds is 8. The summed E-state index contributed by atoms with van der Waals surface area (Å²) in [5.41, 5.74) is 1.25. The number of esters is 1. The third kappa shape index (κ3) is 6.17. The Morgan fingerprint density at radius 2 is 1.54 bits per heavy atom. The molecule has 1 N–H and O–H groups in total. The van der Waals surface area contributed by atoms with E-state index in [0.717, 1.165) is 56.7 Å². The minimum atomic E-state index is -0.879. The Bertz CT molecular complexity index is 1410. The number of nitrogens with zero attached hydrogens (tertiary/aromatic N) is 1. The van der Waals surface area contributed by atoms with Crippen LogP contribution in [0.2, 0.25) is 0 Å². The van der Waals surface area contributed by atoms with Crippen molar-refractivity contribution in [2.45, 2.75) is 145 Å². The first-order valence-electron chi connectivity index (χ1n) is 20.0. The highest BCUT2D eigenvalue weighted by Gasteiger charge is 2.71. The minimum absolute atomic E-state index is 0.0434. The van der Waals surface area contributed by atoms with Crippen molar-refractivity contribution in [1.82, 2.24) is 4.90 Å². The first-order valence-corrected chi connectivity index (χ1v) is 21.7. The number of fused-ring (bicyclic) bond motifs is 7. The molecule has 6 aliphatic rings. The van der Waals surface area contributed by atoms with Crippen molar-refractivity contribution in [3.63, 3.8) is 0 Å². The zero-order chi connectivity index (χ0) is 36.7. The van der Waals surface area contributed by atoms with Gasteiger partial charge in [-0.25, -0.2) is 0 Å². The quantitative estimate of drug-likeness (QED) is 0.154. The molecule has 5 aliphatic carbocycles. The van der Waals surface area contributed by atoms with Gasteiger partial charge in [-0.2, -0.15) is 10.5 Å². The number of hydrogen-bond donors (Lipinski definition) is 1. The summed E-state index contributed by atoms with van der Waals surface area (Å²) in [6.07, 6.45) is 12.2. The fourth-order valence-corrected chi connectivity index (χ4v) is 15.4. The van der Waals surface area contributed by atoms with E-state index in [1.54, 1.807) is 0 Å². The molecule has 5 saturated carbocycles. The van der Waals surface area contributed by atoms with E-state index in [1.807, 2.05) is 13.8 Å². The Balaban J connectivity index is 1.23. The lowest BCUT2D eigenvalue weighted by Crippen LogP contribution is -2.67. The van der Waals surface area contributed by atoms with E-state index in [0.29, 0.717) is 35.5 Å². The van der Waals surface area contributed by atoms with E-state index >= 15 is 0 Å². The van der Waals surface area contributed by atoms with Gasteiger partial charge in [-0.3, -0.25) is 14.4 Å². The van der Waals surface area contributed by atoms with Crippen molar-refractivity contribution >= 4 is 34.2 Å². The van der Waals surface area contributed by atoms with Gasteiger partial charge in [0.1, 0.15) is 6.10 Å². The molecule has 0 spiro atoms. The van der Waals surface area contributed by atoms with Gasteiger partial charge in [-0.1, -0.05) is 66.5 Å². The predicted octanol–water partition coefficient (Wildman–Crippen LogP) is 9.38. The Morgan fingerprint density at radius 1 is 0.860 bits per heavy atom. The fraction of sp³-hybridized carbons (Fsp3) is 0.860. The summed E-state index contributed by atoms with van der Waals surface area (Å²) in [5.74, 6) is 8.41. The van der Waals surface area contributed by atoms with Crippen LogP contribution in [0.25, 0.3) is 0 Å². The molecular formula is C43H69NO5S. The standard InChI is InChI=1S/C43H69NO5S/c1-28(2)29-13-18-43(25-34(45)44-21-23-50(10)24-22-44)20-19-41(8)30(37(29)43)11-12-32-40(7)16-15-33(39(5,6)31(40)14-17-42(32,41)9)49-36(48)27-38(3,4)26-35(46)47/h29-33,37H,1,10-27H2,2-9H3,(H,46,47)/t29-,30+,31-,32+,33-,37+,40-,41+,42+,43+/m0/s1. The average molecular weight is 712 g/mol. The highest BCUT2D eigenvalue weighted by atomic mass is 32.2. The van der Waals surface area contributed by atoms with Crippen LogP contribution in [0.1, 0.15) is 139 Å². The van der Waals surface area contributed by atoms with Crippen molar-refractivity contribution in [2.75, 3.05) is 24.6 Å². The molecule has 0 bridgehead atoms. The second kappa shape index (κ2) is 13.0. The van der Waals surface area contributed by atoms with Crippen LogP contribution in [0, 0.1) is 62.1 Å². The van der Waals surface area contributed by atoms with Crippen LogP contribution in [0.4, 0.5) is 0 Å². The molecule has 6 fully saturated rings. The van der Waals surface area contributed by atoms with Gasteiger partial charge in [0.25, 0.3) is 0 Å². The third-order valence-corrected chi connectivity index (χ3v) is 18.4. The Morgan fingerprint density at radius 3 is 2.18 bits per heavy atom. The number of amides is 1. The normalized spacial score (nSPS) is 42.8. The Hall–Kier alpha value is -1.63. The van der Waals surface area contributed by atoms with E-state index in [-0.39, 0.29) is 62.5 Å². The molecule has 1 heterocycles. The molecular weight excluding hydrogens is 643 g/mol. The van der Waals surface area contributed by atoms with Crippen LogP contribution in [0.3, 0.4) is 0 Å². The number of allylic oxidation sites excluding steroid dienone is 1. The van der Waals surface area contributed by atoms with Crippen LogP contribution >= 0.6 is 10.5 Å². The maximum absolute atomic E-state index is 14.0. The zero-order valence-electron chi connectivity index (χ0n) is 32.8. The molecule has 282 valence electrons. The molecule has 1 amide bonds. The van der Waals surface area contributed by atoms with E-state index in [4.69, 9.17) is 4.74 Å². The van der Waals surface area contributed by atoms with Gasteiger partial charge in [-0.15, -0.1) is 0 Å². The highest BCUT2D eigenvalue weighted by molar-refractivity contribution is 8.14. The zero-order valence-corrected chi connectivity index (χ0v) is 33.7. The van der Waals surface area contributed by atoms with Crippen molar-refractivity contribution in [3.05, 3.63) is 12.2 Å². The van der Waals surface area contributed by atoms with Gasteiger partial charge >= 0.3 is 11.9 Å². The lowest BCUT2D eigenvalue weighted by molar-refractivity contribution is -0.250. The predicted molar refractivity (Wildman–Crippen MR) is 205 cm³/mol. The summed E-state index contributed by atoms with van der Waals surface area (Å²) in [6.45, 7) is 24.9. The maximum Gasteiger partial charge on any atom is 0.306 e. The molecule has 0 aromatic heterocycles. The number of carbonyl (C=O) groups is 3. The van der Waals surface area contributed by atoms with Crippen LogP contribution in [0.5, 0.6) is 0 Å². The van der Waals surface area contributed by atoms with Crippen molar-refractivity contribution in [2.24, 2.45) is 62.1 Å². The van der Waals surface area contributed by atoms with E-state index in [2.05, 4.69) is 58.9 Å². The van der Waals surface area contributed by atoms with Gasteiger partial charge in [0.15, 0.2) is 0 Å². The molecule has 0 aromatic rings. The van der Waals surface area contributed by atoms with Crippen molar-refractivity contribution in [3.8, 4) is 0 Å². The first kappa shape index (κ1) is 38.1. The Kier molecular flexibility index (Phi) is 9.94. The van der Waals surface area contributed by atoms with E-state index in [9.17, 15) is 19.5 Å². The number of carboxylic acids is 1. The number of hydrogen-bond acceptors (Lipinski definition) is 4. The lowest BCUT2D eigenvalue weighted by atomic mass is 9.32. The molecule has 6 rings (SSSR count). The van der Waals surface area contributed by atoms with Gasteiger partial charge < -0.3 is 14.7 Å². The summed E-state index contributed by atoms with van der Waals surface area (Å²) in [6, 6.07) is 0. The van der Waals surface area contributed by atoms with Crippen LogP contribution in [-0.2, 0) is 19.1 Å². The second-order valence-corrected chi connectivity index (χ2v) is 22.4. The van der Waals surface area contributed by atoms with Crippen molar-refractivity contribution in [1.29, 1.82) is 0 Å². The summed E-state index contributed by atoms with van der Waals surface area (Å²) in [7, 11) is 0.210. The molecule has 0 aromatic carbocycles. The molecule has 7 heteroatoms. The van der Waals surface area contributed by atoms with Gasteiger partial charge in [0.05, 0.1) is 12.8 Å². The molecule has 1 saturated heterocycles. The molecule has 50 heavy (non-hydrogen) atoms. The number of aliphatic carboxylic acids is 1. The molecule has 6 nitrogen and oxygen atoms in total. The summed E-state index contributed by atoms with van der Waals surface area (Å²) >= 11 is 0. The van der Waals surface area contributed by atoms with Gasteiger partial charge in [-0.05, 0) is 128 Å². The SMILES string of the molecule is C=C(C)[C@@H]1CC[C@]2(CC(=O)N3CCS(=C)CC3)CC[C@]3(C)[C@H](CC[C@@H]4[C@@]5(C)CC[C@H](OC(=O)CC(C)(C)CC(=O)O)C(C)(C)[C@@H]5CC[C@]43C)[C@@H]12. The minimum Gasteiger partial charge on any atom is -0.481 e. The molecule has 10 atom stereocenters. The van der Waals surface area contributed by atoms with E-state index in [1.165, 1.54) is 44.1 Å². The highest BCUT2D eigenvalue weighted by Crippen LogP contribution is 2.78. The maximum atomic E-state index is 14.0. The largest absolute Gasteiger partial charge is 0.481 e. The second-order valence-electron chi connectivity index (χ2n) is 20.4. The monoisotopic (exact) mass is 711 g/mol. The van der Waals surface area contributed by atoms with Crippen LogP contribution in [0.15, 0.2) is 12.2 Å². The van der Waals surface area contributed by atoms with Crippen LogP contribution in [-0.4, -0.2) is 64.4 Å². The van der Waals surface area contributed by atoms with Crippen molar-refractivity contribution < 1.29 is 24.2 Å². The summed E-state index contributed by atoms with van der Waals surface area (Å²) < 4.78 is 6.28. The number of carbonyl (C=O) groups excluding carboxylic acids is 2. The average Bonchev–Trinajstić information content (AvgIpc) is 3.38. The van der Waals surface area contributed by atoms with Gasteiger partial charge in [0, 0.05) is 36.4 Å². The molecule has 0 radical (unpaired) electrons. The third-order valence-electron chi connectivity index (χ3n) is 16.9. The van der Waals surface area contributed by atoms with E-state index < -0.39 is 11.4 Å². The Labute approximate surface area is 306 Å². The molecule has 0 unspecified atom stereocenters. The topological polar surface area (TPSA) is 83.9 Å². The lowest BCUT2D eigenvalue weighted by Gasteiger charge is -2.73. The fourth-order valence-electron chi connectivity index (χ4n) is 14.2. The van der Waals surface area contributed by atoms with Crippen LogP contribution < -0.4 is 0 Å². The first-order chi connectivity index (χ1) is 23.2. The number of ether oxygens (including phenoxy) is 1. The van der Waals surface area contributed by atoms with Gasteiger partial charge in [0.2, 0.25) is 5.91 Å². The molecule has 1 aliphatic heterocycles.